The van der Waals surface area contributed by atoms with Gasteiger partial charge in [-0.3, -0.25) is 20.2 Å². The molecule has 0 amide bonds. The van der Waals surface area contributed by atoms with E-state index in [1.54, 1.807) is 13.0 Å². The van der Waals surface area contributed by atoms with E-state index in [0.717, 1.165) is 0 Å². The standard InChI is InChI=1S/C15H13ClN2O6/c1-10-8-15(13(18(21)22)9-11(10)16)24-7-6-23-14-5-3-2-4-12(14)17(19)20/h2-5,8-9H,6-7H2,1H3. The Hall–Kier alpha value is -2.87. The van der Waals surface area contributed by atoms with Gasteiger partial charge in [-0.1, -0.05) is 23.7 Å². The molecule has 2 aromatic carbocycles. The van der Waals surface area contributed by atoms with Crippen LogP contribution in [0.2, 0.25) is 5.02 Å². The fourth-order valence-corrected chi connectivity index (χ4v) is 2.09. The highest BCUT2D eigenvalue weighted by Crippen LogP contribution is 2.32. The van der Waals surface area contributed by atoms with Crippen LogP contribution in [0.4, 0.5) is 11.4 Å². The summed E-state index contributed by atoms with van der Waals surface area (Å²) in [6.45, 7) is 1.67. The van der Waals surface area contributed by atoms with E-state index in [-0.39, 0.29) is 41.1 Å². The Morgan fingerprint density at radius 1 is 0.958 bits per heavy atom. The lowest BCUT2D eigenvalue weighted by Crippen LogP contribution is -2.11. The first-order valence-electron chi connectivity index (χ1n) is 6.83. The number of para-hydroxylation sites is 2. The SMILES string of the molecule is Cc1cc(OCCOc2ccccc2[N+](=O)[O-])c([N+](=O)[O-])cc1Cl. The summed E-state index contributed by atoms with van der Waals surface area (Å²) >= 11 is 5.87. The van der Waals surface area contributed by atoms with Crippen LogP contribution in [-0.4, -0.2) is 23.1 Å². The number of ether oxygens (including phenoxy) is 2. The van der Waals surface area contributed by atoms with Crippen LogP contribution in [0, 0.1) is 27.2 Å². The maximum Gasteiger partial charge on any atom is 0.312 e. The zero-order valence-electron chi connectivity index (χ0n) is 12.6. The first-order valence-corrected chi connectivity index (χ1v) is 7.21. The lowest BCUT2D eigenvalue weighted by molar-refractivity contribution is -0.386. The Morgan fingerprint density at radius 3 is 2.17 bits per heavy atom. The lowest BCUT2D eigenvalue weighted by atomic mass is 10.2. The molecule has 2 aromatic rings. The van der Waals surface area contributed by atoms with Gasteiger partial charge in [-0.15, -0.1) is 0 Å². The molecule has 0 radical (unpaired) electrons. The van der Waals surface area contributed by atoms with Crippen molar-refractivity contribution in [2.45, 2.75) is 6.92 Å². The summed E-state index contributed by atoms with van der Waals surface area (Å²) in [5.74, 6) is 0.168. The van der Waals surface area contributed by atoms with Gasteiger partial charge in [0, 0.05) is 12.1 Å². The average molecular weight is 353 g/mol. The fourth-order valence-electron chi connectivity index (χ4n) is 1.94. The second kappa shape index (κ2) is 7.60. The van der Waals surface area contributed by atoms with Crippen molar-refractivity contribution in [2.24, 2.45) is 0 Å². The van der Waals surface area contributed by atoms with Crippen molar-refractivity contribution in [1.82, 2.24) is 0 Å². The van der Waals surface area contributed by atoms with Crippen molar-refractivity contribution in [1.29, 1.82) is 0 Å². The first-order chi connectivity index (χ1) is 11.4. The summed E-state index contributed by atoms with van der Waals surface area (Å²) in [5.41, 5.74) is 0.221. The van der Waals surface area contributed by atoms with E-state index in [1.165, 1.54) is 30.3 Å². The minimum Gasteiger partial charge on any atom is -0.483 e. The highest BCUT2D eigenvalue weighted by molar-refractivity contribution is 6.31. The maximum atomic E-state index is 11.0. The van der Waals surface area contributed by atoms with Crippen molar-refractivity contribution in [2.75, 3.05) is 13.2 Å². The number of hydrogen-bond donors (Lipinski definition) is 0. The molecule has 0 saturated carbocycles. The van der Waals surface area contributed by atoms with Crippen LogP contribution in [0.1, 0.15) is 5.56 Å². The van der Waals surface area contributed by atoms with Gasteiger partial charge >= 0.3 is 11.4 Å². The third-order valence-electron chi connectivity index (χ3n) is 3.10. The van der Waals surface area contributed by atoms with Crippen molar-refractivity contribution < 1.29 is 19.3 Å². The van der Waals surface area contributed by atoms with Crippen molar-refractivity contribution in [3.05, 3.63) is 67.2 Å². The third-order valence-corrected chi connectivity index (χ3v) is 3.50. The number of hydrogen-bond acceptors (Lipinski definition) is 6. The van der Waals surface area contributed by atoms with Gasteiger partial charge < -0.3 is 9.47 Å². The van der Waals surface area contributed by atoms with Gasteiger partial charge in [0.1, 0.15) is 13.2 Å². The van der Waals surface area contributed by atoms with Crippen LogP contribution in [0.15, 0.2) is 36.4 Å². The molecule has 126 valence electrons. The second-order valence-electron chi connectivity index (χ2n) is 4.75. The number of nitrogens with zero attached hydrogens (tertiary/aromatic N) is 2. The van der Waals surface area contributed by atoms with Crippen LogP contribution < -0.4 is 9.47 Å². The Bertz CT molecular complexity index is 781. The van der Waals surface area contributed by atoms with E-state index in [9.17, 15) is 20.2 Å². The predicted octanol–water partition coefficient (Wildman–Crippen LogP) is 3.92. The molecule has 0 unspecified atom stereocenters. The fraction of sp³-hybridized carbons (Fsp3) is 0.200. The summed E-state index contributed by atoms with van der Waals surface area (Å²) in [6, 6.07) is 8.61. The second-order valence-corrected chi connectivity index (χ2v) is 5.16. The predicted molar refractivity (Wildman–Crippen MR) is 86.9 cm³/mol. The molecule has 0 aliphatic rings. The average Bonchev–Trinajstić information content (AvgIpc) is 2.54. The molecule has 0 atom stereocenters. The van der Waals surface area contributed by atoms with Gasteiger partial charge in [0.25, 0.3) is 0 Å². The van der Waals surface area contributed by atoms with Gasteiger partial charge in [-0.2, -0.15) is 0 Å². The van der Waals surface area contributed by atoms with Gasteiger partial charge in [0.05, 0.1) is 14.9 Å². The van der Waals surface area contributed by atoms with Gasteiger partial charge in [0.15, 0.2) is 11.5 Å². The quantitative estimate of drug-likeness (QED) is 0.425. The molecule has 0 saturated heterocycles. The maximum absolute atomic E-state index is 11.0. The molecule has 0 spiro atoms. The van der Waals surface area contributed by atoms with Gasteiger partial charge in [0.2, 0.25) is 0 Å². The molecule has 2 rings (SSSR count). The lowest BCUT2D eigenvalue weighted by Gasteiger charge is -2.10. The van der Waals surface area contributed by atoms with Crippen LogP contribution in [0.3, 0.4) is 0 Å². The monoisotopic (exact) mass is 352 g/mol. The van der Waals surface area contributed by atoms with Crippen LogP contribution in [0.5, 0.6) is 11.5 Å². The molecule has 0 heterocycles. The topological polar surface area (TPSA) is 105 Å². The molecule has 0 bridgehead atoms. The van der Waals surface area contributed by atoms with Gasteiger partial charge in [-0.25, -0.2) is 0 Å². The van der Waals surface area contributed by atoms with E-state index in [2.05, 4.69) is 0 Å². The number of benzene rings is 2. The molecule has 0 fully saturated rings. The Balaban J connectivity index is 2.02. The molecule has 0 aromatic heterocycles. The van der Waals surface area contributed by atoms with Crippen LogP contribution in [0.25, 0.3) is 0 Å². The van der Waals surface area contributed by atoms with Crippen molar-refractivity contribution in [3.63, 3.8) is 0 Å². The number of rotatable bonds is 7. The van der Waals surface area contributed by atoms with E-state index in [0.29, 0.717) is 5.56 Å². The molecule has 0 aliphatic carbocycles. The Kier molecular flexibility index (Phi) is 5.54. The number of halogens is 1. The molecular formula is C15H13ClN2O6. The third kappa shape index (κ3) is 4.11. The zero-order valence-corrected chi connectivity index (χ0v) is 13.4. The van der Waals surface area contributed by atoms with Crippen LogP contribution in [-0.2, 0) is 0 Å². The summed E-state index contributed by atoms with van der Waals surface area (Å²) in [4.78, 5) is 20.7. The molecule has 9 heteroatoms. The van der Waals surface area contributed by atoms with E-state index >= 15 is 0 Å². The molecule has 0 N–H and O–H groups in total. The molecular weight excluding hydrogens is 340 g/mol. The Morgan fingerprint density at radius 2 is 1.54 bits per heavy atom. The Labute approximate surface area is 141 Å². The van der Waals surface area contributed by atoms with Crippen molar-refractivity contribution >= 4 is 23.0 Å². The van der Waals surface area contributed by atoms with E-state index in [1.807, 2.05) is 0 Å². The summed E-state index contributed by atoms with van der Waals surface area (Å²) in [6.07, 6.45) is 0. The van der Waals surface area contributed by atoms with Crippen LogP contribution >= 0.6 is 11.6 Å². The summed E-state index contributed by atoms with van der Waals surface area (Å²) in [7, 11) is 0. The molecule has 0 aliphatic heterocycles. The minimum atomic E-state index is -0.594. The largest absolute Gasteiger partial charge is 0.483 e. The molecule has 24 heavy (non-hydrogen) atoms. The minimum absolute atomic E-state index is 0.0102. The zero-order chi connectivity index (χ0) is 17.7. The van der Waals surface area contributed by atoms with Gasteiger partial charge in [-0.05, 0) is 24.6 Å². The van der Waals surface area contributed by atoms with E-state index in [4.69, 9.17) is 21.1 Å². The van der Waals surface area contributed by atoms with E-state index < -0.39 is 9.85 Å². The van der Waals surface area contributed by atoms with Crippen molar-refractivity contribution in [3.8, 4) is 11.5 Å². The normalized spacial score (nSPS) is 10.2. The number of nitro groups is 2. The number of nitro benzene ring substituents is 2. The number of aryl methyl sites for hydroxylation is 1. The molecule has 8 nitrogen and oxygen atoms in total. The highest BCUT2D eigenvalue weighted by Gasteiger charge is 2.18. The summed E-state index contributed by atoms with van der Waals surface area (Å²) < 4.78 is 10.7. The smallest absolute Gasteiger partial charge is 0.312 e. The summed E-state index contributed by atoms with van der Waals surface area (Å²) in [5, 5.41) is 22.2. The highest BCUT2D eigenvalue weighted by atomic mass is 35.5. The first kappa shape index (κ1) is 17.5.